The summed E-state index contributed by atoms with van der Waals surface area (Å²) < 4.78 is 11.4. The van der Waals surface area contributed by atoms with Crippen molar-refractivity contribution in [3.63, 3.8) is 0 Å². The molecule has 0 bridgehead atoms. The van der Waals surface area contributed by atoms with Crippen LogP contribution < -0.4 is 15.2 Å². The van der Waals surface area contributed by atoms with E-state index in [4.69, 9.17) is 15.2 Å². The van der Waals surface area contributed by atoms with Crippen LogP contribution in [0.1, 0.15) is 24.0 Å². The molecular weight excluding hydrogens is 202 g/mol. The lowest BCUT2D eigenvalue weighted by Gasteiger charge is -2.25. The number of hydrogen-bond acceptors (Lipinski definition) is 3. The predicted octanol–water partition coefficient (Wildman–Crippen LogP) is 1.76. The molecule has 0 saturated heterocycles. The number of hydrogen-bond donors (Lipinski definition) is 1. The van der Waals surface area contributed by atoms with Crippen LogP contribution in [0.4, 0.5) is 0 Å². The van der Waals surface area contributed by atoms with Crippen LogP contribution in [-0.2, 0) is 5.41 Å². The Morgan fingerprint density at radius 3 is 2.69 bits per heavy atom. The summed E-state index contributed by atoms with van der Waals surface area (Å²) in [7, 11) is 0. The smallest absolute Gasteiger partial charge is 0.165 e. The Balaban J connectivity index is 2.13. The van der Waals surface area contributed by atoms with Crippen LogP contribution in [0.25, 0.3) is 0 Å². The number of ether oxygens (including phenoxy) is 2. The van der Waals surface area contributed by atoms with E-state index in [2.05, 4.69) is 13.0 Å². The van der Waals surface area contributed by atoms with E-state index >= 15 is 0 Å². The third kappa shape index (κ3) is 1.39. The van der Waals surface area contributed by atoms with Gasteiger partial charge in [-0.1, -0.05) is 6.07 Å². The van der Waals surface area contributed by atoms with E-state index in [1.807, 2.05) is 6.07 Å². The van der Waals surface area contributed by atoms with Gasteiger partial charge in [-0.15, -0.1) is 0 Å². The number of rotatable bonds is 2. The second-order valence-electron chi connectivity index (χ2n) is 4.82. The molecule has 0 spiro atoms. The monoisotopic (exact) mass is 219 g/mol. The standard InChI is InChI=1S/C13H17NO2/c1-9-6-10(13(8-14)2-3-13)12-11(7-9)15-4-5-16-12/h6-7H,2-5,8,14H2,1H3. The lowest BCUT2D eigenvalue weighted by molar-refractivity contribution is 0.168. The summed E-state index contributed by atoms with van der Waals surface area (Å²) in [6, 6.07) is 4.25. The molecule has 2 aliphatic rings. The average molecular weight is 219 g/mol. The second-order valence-corrected chi connectivity index (χ2v) is 4.82. The zero-order valence-electron chi connectivity index (χ0n) is 9.58. The molecule has 0 amide bonds. The molecule has 1 aliphatic carbocycles. The molecule has 1 fully saturated rings. The van der Waals surface area contributed by atoms with Crippen molar-refractivity contribution in [3.8, 4) is 11.5 Å². The van der Waals surface area contributed by atoms with E-state index in [1.54, 1.807) is 0 Å². The number of benzene rings is 1. The van der Waals surface area contributed by atoms with Crippen molar-refractivity contribution >= 4 is 0 Å². The molecule has 1 aromatic rings. The molecule has 0 atom stereocenters. The third-order valence-electron chi connectivity index (χ3n) is 3.60. The highest BCUT2D eigenvalue weighted by Gasteiger charge is 2.46. The van der Waals surface area contributed by atoms with Gasteiger partial charge in [0.1, 0.15) is 13.2 Å². The molecule has 1 aliphatic heterocycles. The molecule has 1 saturated carbocycles. The highest BCUT2D eigenvalue weighted by molar-refractivity contribution is 5.55. The Morgan fingerprint density at radius 1 is 1.25 bits per heavy atom. The van der Waals surface area contributed by atoms with Gasteiger partial charge in [-0.25, -0.2) is 0 Å². The SMILES string of the molecule is Cc1cc2c(c(C3(CN)CC3)c1)OCCO2. The first-order valence-corrected chi connectivity index (χ1v) is 5.86. The maximum absolute atomic E-state index is 5.89. The van der Waals surface area contributed by atoms with Crippen LogP contribution in [0.5, 0.6) is 11.5 Å². The van der Waals surface area contributed by atoms with Crippen molar-refractivity contribution in [2.24, 2.45) is 5.73 Å². The molecule has 3 heteroatoms. The molecule has 0 unspecified atom stereocenters. The Labute approximate surface area is 95.5 Å². The van der Waals surface area contributed by atoms with Crippen molar-refractivity contribution in [2.45, 2.75) is 25.2 Å². The molecule has 0 aromatic heterocycles. The van der Waals surface area contributed by atoms with Crippen LogP contribution in [0, 0.1) is 6.92 Å². The van der Waals surface area contributed by atoms with E-state index in [9.17, 15) is 0 Å². The quantitative estimate of drug-likeness (QED) is 0.824. The van der Waals surface area contributed by atoms with Crippen LogP contribution in [-0.4, -0.2) is 19.8 Å². The summed E-state index contributed by atoms with van der Waals surface area (Å²) in [4.78, 5) is 0. The lowest BCUT2D eigenvalue weighted by atomic mass is 9.93. The maximum Gasteiger partial charge on any atom is 0.165 e. The summed E-state index contributed by atoms with van der Waals surface area (Å²) in [6.07, 6.45) is 2.34. The lowest BCUT2D eigenvalue weighted by Crippen LogP contribution is -2.24. The summed E-state index contributed by atoms with van der Waals surface area (Å²) >= 11 is 0. The Bertz CT molecular complexity index is 424. The van der Waals surface area contributed by atoms with Gasteiger partial charge in [0, 0.05) is 17.5 Å². The minimum absolute atomic E-state index is 0.163. The average Bonchev–Trinajstić information content (AvgIpc) is 3.08. The van der Waals surface area contributed by atoms with Crippen LogP contribution in [0.3, 0.4) is 0 Å². The van der Waals surface area contributed by atoms with Gasteiger partial charge in [-0.3, -0.25) is 0 Å². The summed E-state index contributed by atoms with van der Waals surface area (Å²) in [6.45, 7) is 4.08. The number of aryl methyl sites for hydroxylation is 1. The van der Waals surface area contributed by atoms with E-state index in [0.717, 1.165) is 11.5 Å². The third-order valence-corrected chi connectivity index (χ3v) is 3.60. The van der Waals surface area contributed by atoms with Crippen molar-refractivity contribution < 1.29 is 9.47 Å². The van der Waals surface area contributed by atoms with E-state index in [0.29, 0.717) is 19.8 Å². The Kier molecular flexibility index (Phi) is 2.11. The summed E-state index contributed by atoms with van der Waals surface area (Å²) in [5, 5.41) is 0. The van der Waals surface area contributed by atoms with Gasteiger partial charge in [0.15, 0.2) is 11.5 Å². The number of fused-ring (bicyclic) bond motifs is 1. The van der Waals surface area contributed by atoms with Gasteiger partial charge in [-0.05, 0) is 31.4 Å². The van der Waals surface area contributed by atoms with Gasteiger partial charge in [0.2, 0.25) is 0 Å². The van der Waals surface area contributed by atoms with Crippen LogP contribution in [0.2, 0.25) is 0 Å². The molecule has 3 rings (SSSR count). The van der Waals surface area contributed by atoms with Crippen molar-refractivity contribution in [3.05, 3.63) is 23.3 Å². The van der Waals surface area contributed by atoms with Crippen molar-refractivity contribution in [2.75, 3.05) is 19.8 Å². The van der Waals surface area contributed by atoms with Gasteiger partial charge in [0.05, 0.1) is 0 Å². The van der Waals surface area contributed by atoms with Crippen molar-refractivity contribution in [1.29, 1.82) is 0 Å². The minimum Gasteiger partial charge on any atom is -0.486 e. The molecule has 2 N–H and O–H groups in total. The molecule has 1 heterocycles. The fraction of sp³-hybridized carbons (Fsp3) is 0.538. The zero-order valence-corrected chi connectivity index (χ0v) is 9.58. The second kappa shape index (κ2) is 3.39. The first kappa shape index (κ1) is 9.97. The molecular formula is C13H17NO2. The Morgan fingerprint density at radius 2 is 2.00 bits per heavy atom. The molecule has 16 heavy (non-hydrogen) atoms. The fourth-order valence-electron chi connectivity index (χ4n) is 2.42. The van der Waals surface area contributed by atoms with Gasteiger partial charge in [-0.2, -0.15) is 0 Å². The fourth-order valence-corrected chi connectivity index (χ4v) is 2.42. The summed E-state index contributed by atoms with van der Waals surface area (Å²) in [5.41, 5.74) is 8.53. The molecule has 86 valence electrons. The first-order chi connectivity index (χ1) is 7.75. The number of nitrogens with two attached hydrogens (primary N) is 1. The highest BCUT2D eigenvalue weighted by atomic mass is 16.6. The van der Waals surface area contributed by atoms with E-state index in [-0.39, 0.29) is 5.41 Å². The topological polar surface area (TPSA) is 44.5 Å². The predicted molar refractivity (Wildman–Crippen MR) is 62.1 cm³/mol. The molecule has 0 radical (unpaired) electrons. The summed E-state index contributed by atoms with van der Waals surface area (Å²) in [5.74, 6) is 1.82. The Hall–Kier alpha value is -1.22. The normalized spacial score (nSPS) is 20.6. The zero-order chi connectivity index (χ0) is 11.2. The van der Waals surface area contributed by atoms with Crippen molar-refractivity contribution in [1.82, 2.24) is 0 Å². The van der Waals surface area contributed by atoms with Crippen LogP contribution in [0.15, 0.2) is 12.1 Å². The molecule has 3 nitrogen and oxygen atoms in total. The molecule has 1 aromatic carbocycles. The van der Waals surface area contributed by atoms with Gasteiger partial charge >= 0.3 is 0 Å². The van der Waals surface area contributed by atoms with E-state index in [1.165, 1.54) is 24.0 Å². The van der Waals surface area contributed by atoms with E-state index < -0.39 is 0 Å². The first-order valence-electron chi connectivity index (χ1n) is 5.86. The van der Waals surface area contributed by atoms with Crippen LogP contribution >= 0.6 is 0 Å². The van der Waals surface area contributed by atoms with Gasteiger partial charge < -0.3 is 15.2 Å². The van der Waals surface area contributed by atoms with Gasteiger partial charge in [0.25, 0.3) is 0 Å². The minimum atomic E-state index is 0.163. The highest BCUT2D eigenvalue weighted by Crippen LogP contribution is 2.53. The maximum atomic E-state index is 5.89. The largest absolute Gasteiger partial charge is 0.486 e.